The van der Waals surface area contributed by atoms with E-state index >= 15 is 0 Å². The summed E-state index contributed by atoms with van der Waals surface area (Å²) in [6.07, 6.45) is 2.84. The third-order valence-corrected chi connectivity index (χ3v) is 9.06. The van der Waals surface area contributed by atoms with E-state index in [4.69, 9.17) is 4.98 Å². The second-order valence-corrected chi connectivity index (χ2v) is 12.1. The average molecular weight is 537 g/mol. The van der Waals surface area contributed by atoms with Gasteiger partial charge in [0.2, 0.25) is 10.0 Å². The zero-order valence-corrected chi connectivity index (χ0v) is 23.1. The van der Waals surface area contributed by atoms with E-state index in [-0.39, 0.29) is 23.2 Å². The van der Waals surface area contributed by atoms with Crippen molar-refractivity contribution in [1.82, 2.24) is 14.2 Å². The smallest absolute Gasteiger partial charge is 0.260 e. The second-order valence-electron chi connectivity index (χ2n) is 9.17. The molecular weight excluding hydrogens is 504 g/mol. The van der Waals surface area contributed by atoms with Crippen LogP contribution in [-0.2, 0) is 10.0 Å². The predicted octanol–water partition coefficient (Wildman–Crippen LogP) is 4.72. The van der Waals surface area contributed by atoms with Crippen molar-refractivity contribution in [2.75, 3.05) is 45.2 Å². The fourth-order valence-corrected chi connectivity index (χ4v) is 6.92. The molecule has 7 nitrogen and oxygen atoms in total. The van der Waals surface area contributed by atoms with Crippen LogP contribution < -0.4 is 4.90 Å². The lowest BCUT2D eigenvalue weighted by atomic mass is 10.1. The van der Waals surface area contributed by atoms with E-state index in [0.717, 1.165) is 40.6 Å². The largest absolute Gasteiger partial charge is 0.308 e. The summed E-state index contributed by atoms with van der Waals surface area (Å²) in [5.41, 5.74) is 3.61. The number of fused-ring (bicyclic) bond motifs is 1. The van der Waals surface area contributed by atoms with Crippen LogP contribution in [0.1, 0.15) is 40.7 Å². The Kier molecular flexibility index (Phi) is 8.93. The van der Waals surface area contributed by atoms with Crippen LogP contribution in [0.15, 0.2) is 41.3 Å². The number of piperidine rings is 1. The number of amides is 1. The van der Waals surface area contributed by atoms with Gasteiger partial charge in [-0.15, -0.1) is 12.4 Å². The minimum atomic E-state index is -3.53. The minimum Gasteiger partial charge on any atom is -0.308 e. The predicted molar refractivity (Wildman–Crippen MR) is 146 cm³/mol. The van der Waals surface area contributed by atoms with Gasteiger partial charge in [0, 0.05) is 31.7 Å². The highest BCUT2D eigenvalue weighted by atomic mass is 35.5. The molecule has 0 unspecified atom stereocenters. The molecule has 4 rings (SSSR count). The molecule has 1 amide bonds. The molecule has 0 saturated carbocycles. The summed E-state index contributed by atoms with van der Waals surface area (Å²) in [5, 5.41) is 0.653. The fourth-order valence-electron chi connectivity index (χ4n) is 4.24. The van der Waals surface area contributed by atoms with Gasteiger partial charge in [0.1, 0.15) is 0 Å². The first kappa shape index (κ1) is 27.5. The highest BCUT2D eigenvalue weighted by Crippen LogP contribution is 2.32. The fraction of sp³-hybridized carbons (Fsp3) is 0.440. The summed E-state index contributed by atoms with van der Waals surface area (Å²) in [7, 11) is 0.401. The Labute approximate surface area is 218 Å². The van der Waals surface area contributed by atoms with Gasteiger partial charge >= 0.3 is 0 Å². The topological polar surface area (TPSA) is 73.8 Å². The molecule has 0 N–H and O–H groups in total. The van der Waals surface area contributed by atoms with E-state index in [2.05, 4.69) is 19.1 Å². The maximum atomic E-state index is 13.6. The molecule has 3 aromatic rings. The van der Waals surface area contributed by atoms with Gasteiger partial charge in [-0.25, -0.2) is 13.4 Å². The number of hydrogen-bond acceptors (Lipinski definition) is 6. The molecule has 2 aromatic carbocycles. The SMILES string of the molecule is Cc1cc(C)c2nc(N(CCN(C)C)C(=O)c3ccc(S(=O)(=O)N4CCCCC4)cc3)sc2c1.Cl. The van der Waals surface area contributed by atoms with Crippen molar-refractivity contribution in [2.45, 2.75) is 38.0 Å². The Hall–Kier alpha value is -2.04. The van der Waals surface area contributed by atoms with Gasteiger partial charge in [-0.2, -0.15) is 4.31 Å². The van der Waals surface area contributed by atoms with Crippen LogP contribution >= 0.6 is 23.7 Å². The van der Waals surface area contributed by atoms with E-state index in [1.807, 2.05) is 25.9 Å². The number of hydrogen-bond donors (Lipinski definition) is 0. The summed E-state index contributed by atoms with van der Waals surface area (Å²) in [5.74, 6) is -0.183. The Morgan fingerprint density at radius 1 is 1.03 bits per heavy atom. The van der Waals surface area contributed by atoms with Crippen LogP contribution in [0.5, 0.6) is 0 Å². The summed E-state index contributed by atoms with van der Waals surface area (Å²) >= 11 is 1.51. The highest BCUT2D eigenvalue weighted by Gasteiger charge is 2.27. The van der Waals surface area contributed by atoms with Crippen molar-refractivity contribution in [2.24, 2.45) is 0 Å². The zero-order valence-electron chi connectivity index (χ0n) is 20.7. The number of carbonyl (C=O) groups is 1. The molecule has 0 spiro atoms. The lowest BCUT2D eigenvalue weighted by Crippen LogP contribution is -2.37. The summed E-state index contributed by atoms with van der Waals surface area (Å²) < 4.78 is 28.6. The van der Waals surface area contributed by atoms with Gasteiger partial charge < -0.3 is 4.90 Å². The van der Waals surface area contributed by atoms with Crippen LogP contribution in [0, 0.1) is 13.8 Å². The summed E-state index contributed by atoms with van der Waals surface area (Å²) in [6, 6.07) is 10.5. The van der Waals surface area contributed by atoms with Gasteiger partial charge in [-0.3, -0.25) is 9.69 Å². The molecule has 0 bridgehead atoms. The first-order valence-electron chi connectivity index (χ1n) is 11.6. The van der Waals surface area contributed by atoms with Gasteiger partial charge in [0.05, 0.1) is 15.1 Å². The number of rotatable bonds is 7. The molecular formula is C25H33ClN4O3S2. The van der Waals surface area contributed by atoms with E-state index in [9.17, 15) is 13.2 Å². The standard InChI is InChI=1S/C25H32N4O3S2.ClH/c1-18-16-19(2)23-22(17-18)33-25(26-23)29(15-14-27(3)4)24(30)20-8-10-21(11-9-20)34(31,32)28-12-6-5-7-13-28;/h8-11,16-17H,5-7,12-15H2,1-4H3;1H. The quantitative estimate of drug-likeness (QED) is 0.437. The molecule has 1 saturated heterocycles. The number of halogens is 1. The van der Waals surface area contributed by atoms with Crippen molar-refractivity contribution in [1.29, 1.82) is 0 Å². The van der Waals surface area contributed by atoms with Gasteiger partial charge in [-0.05, 0) is 82.2 Å². The first-order valence-corrected chi connectivity index (χ1v) is 13.9. The molecule has 1 fully saturated rings. The lowest BCUT2D eigenvalue weighted by molar-refractivity contribution is 0.0985. The summed E-state index contributed by atoms with van der Waals surface area (Å²) in [6.45, 7) is 6.36. The maximum Gasteiger partial charge on any atom is 0.260 e. The Bertz CT molecular complexity index is 1280. The van der Waals surface area contributed by atoms with Crippen LogP contribution in [-0.4, -0.2) is 68.8 Å². The van der Waals surface area contributed by atoms with E-state index in [0.29, 0.717) is 36.9 Å². The molecule has 35 heavy (non-hydrogen) atoms. The number of carbonyl (C=O) groups excluding carboxylic acids is 1. The number of aromatic nitrogens is 1. The number of aryl methyl sites for hydroxylation is 2. The van der Waals surface area contributed by atoms with Crippen LogP contribution in [0.2, 0.25) is 0 Å². The molecule has 0 atom stereocenters. The molecule has 1 aromatic heterocycles. The van der Waals surface area contributed by atoms with Gasteiger partial charge in [0.15, 0.2) is 5.13 Å². The Morgan fingerprint density at radius 2 is 1.69 bits per heavy atom. The second kappa shape index (κ2) is 11.3. The molecule has 10 heteroatoms. The van der Waals surface area contributed by atoms with E-state index < -0.39 is 10.0 Å². The van der Waals surface area contributed by atoms with Crippen molar-refractivity contribution in [3.63, 3.8) is 0 Å². The number of likely N-dealkylation sites (N-methyl/N-ethyl adjacent to an activating group) is 1. The normalized spacial score (nSPS) is 14.8. The first-order chi connectivity index (χ1) is 16.2. The lowest BCUT2D eigenvalue weighted by Gasteiger charge is -2.26. The van der Waals surface area contributed by atoms with Crippen molar-refractivity contribution in [3.8, 4) is 0 Å². The number of thiazole rings is 1. The van der Waals surface area contributed by atoms with Crippen molar-refractivity contribution < 1.29 is 13.2 Å². The average Bonchev–Trinajstić information content (AvgIpc) is 3.23. The van der Waals surface area contributed by atoms with Crippen LogP contribution in [0.4, 0.5) is 5.13 Å². The molecule has 190 valence electrons. The number of anilines is 1. The Morgan fingerprint density at radius 3 is 2.31 bits per heavy atom. The van der Waals surface area contributed by atoms with E-state index in [1.165, 1.54) is 11.3 Å². The molecule has 1 aliphatic heterocycles. The van der Waals surface area contributed by atoms with Crippen molar-refractivity contribution >= 4 is 55.0 Å². The van der Waals surface area contributed by atoms with Crippen LogP contribution in [0.3, 0.4) is 0 Å². The van der Waals surface area contributed by atoms with Crippen molar-refractivity contribution in [3.05, 3.63) is 53.1 Å². The summed E-state index contributed by atoms with van der Waals surface area (Å²) in [4.78, 5) is 22.3. The third-order valence-electron chi connectivity index (χ3n) is 6.12. The maximum absolute atomic E-state index is 13.6. The zero-order chi connectivity index (χ0) is 24.5. The number of nitrogens with zero attached hydrogens (tertiary/aromatic N) is 4. The van der Waals surface area contributed by atoms with Gasteiger partial charge in [-0.1, -0.05) is 23.8 Å². The molecule has 0 radical (unpaired) electrons. The third kappa shape index (κ3) is 6.03. The molecule has 2 heterocycles. The molecule has 0 aliphatic carbocycles. The Balaban J connectivity index is 0.00000342. The monoisotopic (exact) mass is 536 g/mol. The molecule has 1 aliphatic rings. The highest BCUT2D eigenvalue weighted by molar-refractivity contribution is 7.89. The minimum absolute atomic E-state index is 0. The van der Waals surface area contributed by atoms with Gasteiger partial charge in [0.25, 0.3) is 5.91 Å². The van der Waals surface area contributed by atoms with E-state index in [1.54, 1.807) is 33.5 Å². The number of benzene rings is 2. The van der Waals surface area contributed by atoms with Crippen LogP contribution in [0.25, 0.3) is 10.2 Å². The number of sulfonamides is 1.